The molecule has 2 unspecified atom stereocenters. The molecule has 0 radical (unpaired) electrons. The lowest BCUT2D eigenvalue weighted by atomic mass is 9.76. The first-order valence-corrected chi connectivity index (χ1v) is 9.81. The molecule has 0 saturated carbocycles. The molecule has 2 amide bonds. The van der Waals surface area contributed by atoms with Gasteiger partial charge in [-0.2, -0.15) is 0 Å². The molecule has 8 nitrogen and oxygen atoms in total. The number of fused-ring (bicyclic) bond motifs is 1. The average Bonchev–Trinajstić information content (AvgIpc) is 3.45. The number of carbonyl (C=O) groups excluding carboxylic acids is 2. The van der Waals surface area contributed by atoms with Crippen LogP contribution in [-0.4, -0.2) is 57.1 Å². The van der Waals surface area contributed by atoms with E-state index in [0.29, 0.717) is 24.9 Å². The largest absolute Gasteiger partial charge is 0.424 e. The highest BCUT2D eigenvalue weighted by Gasteiger charge is 2.67. The van der Waals surface area contributed by atoms with Gasteiger partial charge in [-0.15, -0.1) is 10.2 Å². The molecule has 0 N–H and O–H groups in total. The molecular weight excluding hydrogens is 391 g/mol. The molecule has 30 heavy (non-hydrogen) atoms. The lowest BCUT2D eigenvalue weighted by Gasteiger charge is -2.27. The topological polar surface area (TPSA) is 88.8 Å². The Labute approximate surface area is 172 Å². The fourth-order valence-corrected chi connectivity index (χ4v) is 4.74. The number of halogens is 1. The molecule has 4 atom stereocenters. The van der Waals surface area contributed by atoms with Crippen molar-refractivity contribution in [1.29, 1.82) is 0 Å². The number of likely N-dealkylation sites (tertiary alicyclic amines) is 1. The minimum Gasteiger partial charge on any atom is -0.424 e. The predicted molar refractivity (Wildman–Crippen MR) is 101 cm³/mol. The van der Waals surface area contributed by atoms with Crippen LogP contribution in [0.15, 0.2) is 40.8 Å². The normalized spacial score (nSPS) is 29.0. The molecule has 156 valence electrons. The second kappa shape index (κ2) is 6.73. The molecule has 0 aliphatic carbocycles. The summed E-state index contributed by atoms with van der Waals surface area (Å²) in [6.45, 7) is 2.57. The van der Waals surface area contributed by atoms with Gasteiger partial charge >= 0.3 is 0 Å². The van der Waals surface area contributed by atoms with Crippen LogP contribution in [0, 0.1) is 24.6 Å². The first-order chi connectivity index (χ1) is 14.4. The third-order valence-corrected chi connectivity index (χ3v) is 6.07. The number of ether oxygens (including phenoxy) is 1. The monoisotopic (exact) mass is 412 g/mol. The molecule has 1 aromatic heterocycles. The van der Waals surface area contributed by atoms with Crippen LogP contribution in [0.4, 0.5) is 4.39 Å². The van der Waals surface area contributed by atoms with Crippen molar-refractivity contribution in [2.45, 2.75) is 31.7 Å². The summed E-state index contributed by atoms with van der Waals surface area (Å²) in [6.07, 6.45) is 3.36. The maximum absolute atomic E-state index is 13.3. The number of aromatic nitrogens is 2. The molecular formula is C21H21FN4O4. The van der Waals surface area contributed by atoms with Crippen molar-refractivity contribution in [2.75, 3.05) is 13.6 Å². The molecule has 3 aliphatic heterocycles. The van der Waals surface area contributed by atoms with Gasteiger partial charge in [-0.05, 0) is 17.7 Å². The Morgan fingerprint density at radius 1 is 1.33 bits per heavy atom. The van der Waals surface area contributed by atoms with E-state index in [2.05, 4.69) is 10.2 Å². The quantitative estimate of drug-likeness (QED) is 0.691. The molecule has 2 bridgehead atoms. The van der Waals surface area contributed by atoms with Crippen LogP contribution in [0.1, 0.15) is 17.3 Å². The van der Waals surface area contributed by atoms with Gasteiger partial charge in [-0.3, -0.25) is 9.59 Å². The summed E-state index contributed by atoms with van der Waals surface area (Å²) in [5.74, 6) is -1.04. The molecule has 5 rings (SSSR count). The summed E-state index contributed by atoms with van der Waals surface area (Å²) < 4.78 is 24.7. The highest BCUT2D eigenvalue weighted by Crippen LogP contribution is 2.52. The molecule has 1 aromatic carbocycles. The van der Waals surface area contributed by atoms with E-state index in [1.54, 1.807) is 31.0 Å². The van der Waals surface area contributed by atoms with E-state index < -0.39 is 23.5 Å². The fraction of sp³-hybridized carbons (Fsp3) is 0.429. The van der Waals surface area contributed by atoms with Crippen LogP contribution < -0.4 is 0 Å². The van der Waals surface area contributed by atoms with Crippen LogP contribution in [0.25, 0.3) is 0 Å². The van der Waals surface area contributed by atoms with Crippen molar-refractivity contribution in [2.24, 2.45) is 11.8 Å². The molecule has 4 heterocycles. The van der Waals surface area contributed by atoms with Gasteiger partial charge in [-0.1, -0.05) is 24.3 Å². The molecule has 2 fully saturated rings. The summed E-state index contributed by atoms with van der Waals surface area (Å²) in [5, 5.41) is 7.71. The summed E-state index contributed by atoms with van der Waals surface area (Å²) in [6, 6.07) is 6.06. The van der Waals surface area contributed by atoms with Crippen molar-refractivity contribution in [1.82, 2.24) is 20.0 Å². The molecule has 1 spiro atoms. The second-order valence-electron chi connectivity index (χ2n) is 8.13. The van der Waals surface area contributed by atoms with Crippen molar-refractivity contribution in [3.05, 3.63) is 59.6 Å². The second-order valence-corrected chi connectivity index (χ2v) is 8.13. The van der Waals surface area contributed by atoms with Gasteiger partial charge in [0.05, 0.1) is 31.0 Å². The number of amides is 2. The summed E-state index contributed by atoms with van der Waals surface area (Å²) in [5.41, 5.74) is 0.0377. The summed E-state index contributed by atoms with van der Waals surface area (Å²) >= 11 is 0. The maximum Gasteiger partial charge on any atom is 0.235 e. The minimum atomic E-state index is -0.788. The zero-order valence-electron chi connectivity index (χ0n) is 16.6. The lowest BCUT2D eigenvalue weighted by molar-refractivity contribution is -0.143. The number of rotatable bonds is 5. The Bertz CT molecular complexity index is 1040. The van der Waals surface area contributed by atoms with Crippen molar-refractivity contribution in [3.8, 4) is 0 Å². The number of hydrogen-bond acceptors (Lipinski definition) is 6. The number of carbonyl (C=O) groups is 2. The molecule has 2 saturated heterocycles. The van der Waals surface area contributed by atoms with Gasteiger partial charge in [0.25, 0.3) is 0 Å². The zero-order valence-corrected chi connectivity index (χ0v) is 16.6. The third-order valence-electron chi connectivity index (χ3n) is 6.07. The van der Waals surface area contributed by atoms with Crippen LogP contribution in [-0.2, 0) is 27.4 Å². The van der Waals surface area contributed by atoms with E-state index in [-0.39, 0.29) is 24.2 Å². The number of benzene rings is 1. The standard InChI is InChI=1S/C21H21FN4O4/c1-12-23-24-16(29-12)10-25(2)19(27)17-15-7-8-21(30-15)11-26(20(28)18(17)21)9-13-3-5-14(22)6-4-13/h3-8,15,17-18H,9-11H2,1-2H3/t15-,17?,18?,21-/m0/s1. The Kier molecular flexibility index (Phi) is 4.25. The van der Waals surface area contributed by atoms with E-state index in [1.807, 2.05) is 12.2 Å². The first-order valence-electron chi connectivity index (χ1n) is 9.81. The van der Waals surface area contributed by atoms with Crippen LogP contribution in [0.2, 0.25) is 0 Å². The number of nitrogens with zero attached hydrogens (tertiary/aromatic N) is 4. The third kappa shape index (κ3) is 2.92. The average molecular weight is 412 g/mol. The Morgan fingerprint density at radius 2 is 2.10 bits per heavy atom. The zero-order chi connectivity index (χ0) is 21.0. The summed E-state index contributed by atoms with van der Waals surface area (Å²) in [4.78, 5) is 29.7. The smallest absolute Gasteiger partial charge is 0.235 e. The van der Waals surface area contributed by atoms with Gasteiger partial charge in [0.2, 0.25) is 23.6 Å². The van der Waals surface area contributed by atoms with E-state index in [4.69, 9.17) is 9.15 Å². The van der Waals surface area contributed by atoms with Crippen LogP contribution >= 0.6 is 0 Å². The fourth-order valence-electron chi connectivity index (χ4n) is 4.74. The number of aryl methyl sites for hydroxylation is 1. The van der Waals surface area contributed by atoms with E-state index in [0.717, 1.165) is 5.56 Å². The predicted octanol–water partition coefficient (Wildman–Crippen LogP) is 1.46. The Morgan fingerprint density at radius 3 is 2.80 bits per heavy atom. The van der Waals surface area contributed by atoms with E-state index in [9.17, 15) is 14.0 Å². The maximum atomic E-state index is 13.3. The Hall–Kier alpha value is -3.07. The van der Waals surface area contributed by atoms with E-state index >= 15 is 0 Å². The SMILES string of the molecule is Cc1nnc(CN(C)C(=O)C2C3C(=O)N(Cc4ccc(F)cc4)C[C@@]34C=C[C@@H]2O4)o1. The van der Waals surface area contributed by atoms with Crippen LogP contribution in [0.3, 0.4) is 0 Å². The van der Waals surface area contributed by atoms with Gasteiger partial charge in [0.15, 0.2) is 0 Å². The van der Waals surface area contributed by atoms with Gasteiger partial charge in [0.1, 0.15) is 11.4 Å². The van der Waals surface area contributed by atoms with Crippen molar-refractivity contribution >= 4 is 11.8 Å². The van der Waals surface area contributed by atoms with Gasteiger partial charge in [0, 0.05) is 20.5 Å². The lowest BCUT2D eigenvalue weighted by Crippen LogP contribution is -2.44. The summed E-state index contributed by atoms with van der Waals surface area (Å²) in [7, 11) is 1.65. The van der Waals surface area contributed by atoms with E-state index in [1.165, 1.54) is 17.0 Å². The van der Waals surface area contributed by atoms with Crippen molar-refractivity contribution in [3.63, 3.8) is 0 Å². The Balaban J connectivity index is 1.35. The first kappa shape index (κ1) is 18.9. The molecule has 3 aliphatic rings. The van der Waals surface area contributed by atoms with Crippen molar-refractivity contribution < 1.29 is 23.1 Å². The van der Waals surface area contributed by atoms with Gasteiger partial charge in [-0.25, -0.2) is 4.39 Å². The van der Waals surface area contributed by atoms with Crippen LogP contribution in [0.5, 0.6) is 0 Å². The molecule has 9 heteroatoms. The highest BCUT2D eigenvalue weighted by molar-refractivity contribution is 5.92. The minimum absolute atomic E-state index is 0.119. The highest BCUT2D eigenvalue weighted by atomic mass is 19.1. The number of hydrogen-bond donors (Lipinski definition) is 0. The molecule has 2 aromatic rings. The van der Waals surface area contributed by atoms with Gasteiger partial charge < -0.3 is 19.0 Å².